The highest BCUT2D eigenvalue weighted by Gasteiger charge is 1.94. The Morgan fingerprint density at radius 3 is 1.68 bits per heavy atom. The summed E-state index contributed by atoms with van der Waals surface area (Å²) in [6.07, 6.45) is 18.7. The maximum atomic E-state index is 10.2. The van der Waals surface area contributed by atoms with E-state index in [0.29, 0.717) is 6.61 Å². The van der Waals surface area contributed by atoms with Gasteiger partial charge in [-0.1, -0.05) is 69.8 Å². The van der Waals surface area contributed by atoms with Crippen LogP contribution in [-0.2, 0) is 19.2 Å². The van der Waals surface area contributed by atoms with Crippen molar-refractivity contribution in [2.24, 2.45) is 0 Å². The van der Waals surface area contributed by atoms with Gasteiger partial charge in [0.25, 0.3) is 0 Å². The Kier molecular flexibility index (Phi) is 19.7. The molecule has 0 saturated carbocycles. The van der Waals surface area contributed by atoms with Crippen molar-refractivity contribution in [2.45, 2.75) is 77.0 Å². The molecule has 8 nitrogen and oxygen atoms in total. The number of carboxylic acids is 2. The van der Waals surface area contributed by atoms with Crippen molar-refractivity contribution in [1.82, 2.24) is 11.0 Å². The number of rotatable bonds is 21. The summed E-state index contributed by atoms with van der Waals surface area (Å²) in [4.78, 5) is 25.1. The average Bonchev–Trinajstić information content (AvgIpc) is 2.65. The Morgan fingerprint density at radius 1 is 0.679 bits per heavy atom. The second kappa shape index (κ2) is 21.2. The molecule has 0 aliphatic heterocycles. The summed E-state index contributed by atoms with van der Waals surface area (Å²) >= 11 is 0. The molecule has 0 rings (SSSR count). The zero-order valence-electron chi connectivity index (χ0n) is 16.7. The Balaban J connectivity index is 3.08. The standard InChI is InChI=1S/C20H36N2O6/c23-19(24)13-17-27-16-12-10-8-6-4-2-1-3-5-7-9-11-15-21-22-28-18-14-20(25)26/h13-14,17-18,21-22H,1-12,15-16H2,(H,23,24)(H,25,26). The fourth-order valence-corrected chi connectivity index (χ4v) is 2.56. The molecule has 0 spiro atoms. The highest BCUT2D eigenvalue weighted by Crippen LogP contribution is 2.11. The number of ether oxygens (including phenoxy) is 1. The van der Waals surface area contributed by atoms with Gasteiger partial charge in [-0.3, -0.25) is 0 Å². The predicted molar refractivity (Wildman–Crippen MR) is 107 cm³/mol. The number of aliphatic carboxylic acids is 2. The van der Waals surface area contributed by atoms with Gasteiger partial charge in [0, 0.05) is 6.54 Å². The van der Waals surface area contributed by atoms with Crippen LogP contribution in [-0.4, -0.2) is 35.3 Å². The molecule has 162 valence electrons. The van der Waals surface area contributed by atoms with Gasteiger partial charge in [-0.25, -0.2) is 15.0 Å². The van der Waals surface area contributed by atoms with E-state index in [0.717, 1.165) is 44.2 Å². The first-order valence-corrected chi connectivity index (χ1v) is 10.2. The van der Waals surface area contributed by atoms with Crippen LogP contribution < -0.4 is 11.0 Å². The molecule has 0 unspecified atom stereocenters. The number of carbonyl (C=O) groups is 2. The summed E-state index contributed by atoms with van der Waals surface area (Å²) in [5.41, 5.74) is 5.33. The number of hydrazine groups is 1. The fourth-order valence-electron chi connectivity index (χ4n) is 2.56. The van der Waals surface area contributed by atoms with Crippen molar-refractivity contribution >= 4 is 11.9 Å². The van der Waals surface area contributed by atoms with Crippen molar-refractivity contribution in [3.05, 3.63) is 24.7 Å². The molecule has 8 heteroatoms. The quantitative estimate of drug-likeness (QED) is 0.0991. The van der Waals surface area contributed by atoms with Crippen molar-refractivity contribution in [3.63, 3.8) is 0 Å². The van der Waals surface area contributed by atoms with E-state index in [9.17, 15) is 9.59 Å². The molecule has 0 aromatic carbocycles. The van der Waals surface area contributed by atoms with E-state index in [4.69, 9.17) is 19.8 Å². The van der Waals surface area contributed by atoms with Crippen LogP contribution in [0.2, 0.25) is 0 Å². The van der Waals surface area contributed by atoms with Crippen LogP contribution >= 0.6 is 0 Å². The van der Waals surface area contributed by atoms with E-state index in [1.165, 1.54) is 64.0 Å². The lowest BCUT2D eigenvalue weighted by Crippen LogP contribution is -2.31. The summed E-state index contributed by atoms with van der Waals surface area (Å²) in [5, 5.41) is 16.7. The Hall–Kier alpha value is -2.06. The third-order valence-electron chi connectivity index (χ3n) is 4.03. The highest BCUT2D eigenvalue weighted by atomic mass is 16.7. The Bertz CT molecular complexity index is 400. The Labute approximate surface area is 167 Å². The summed E-state index contributed by atoms with van der Waals surface area (Å²) in [6, 6.07) is 0. The summed E-state index contributed by atoms with van der Waals surface area (Å²) in [6.45, 7) is 1.37. The van der Waals surface area contributed by atoms with Gasteiger partial charge in [0.15, 0.2) is 0 Å². The zero-order chi connectivity index (χ0) is 20.7. The number of unbranched alkanes of at least 4 members (excludes halogenated alkanes) is 11. The van der Waals surface area contributed by atoms with Gasteiger partial charge < -0.3 is 19.8 Å². The van der Waals surface area contributed by atoms with Gasteiger partial charge in [0.2, 0.25) is 0 Å². The molecule has 0 aromatic heterocycles. The van der Waals surface area contributed by atoms with E-state index in [2.05, 4.69) is 11.0 Å². The Morgan fingerprint density at radius 2 is 1.14 bits per heavy atom. The maximum Gasteiger partial charge on any atom is 0.331 e. The summed E-state index contributed by atoms with van der Waals surface area (Å²) in [5.74, 6) is -2.03. The van der Waals surface area contributed by atoms with Crippen molar-refractivity contribution in [2.75, 3.05) is 13.2 Å². The van der Waals surface area contributed by atoms with E-state index < -0.39 is 11.9 Å². The molecule has 0 aromatic rings. The average molecular weight is 401 g/mol. The van der Waals surface area contributed by atoms with Gasteiger partial charge in [0.1, 0.15) is 6.26 Å². The normalized spacial score (nSPS) is 11.3. The van der Waals surface area contributed by atoms with Crippen molar-refractivity contribution < 1.29 is 29.4 Å². The molecule has 0 amide bonds. The van der Waals surface area contributed by atoms with Crippen LogP contribution in [0.25, 0.3) is 0 Å². The molecule has 0 fully saturated rings. The molecule has 0 bridgehead atoms. The number of nitrogens with one attached hydrogen (secondary N) is 2. The second-order valence-electron chi connectivity index (χ2n) is 6.54. The first-order valence-electron chi connectivity index (χ1n) is 10.2. The largest absolute Gasteiger partial charge is 0.501 e. The van der Waals surface area contributed by atoms with Crippen LogP contribution in [0.1, 0.15) is 77.0 Å². The lowest BCUT2D eigenvalue weighted by Gasteiger charge is -2.05. The number of hydrogen-bond acceptors (Lipinski definition) is 6. The van der Waals surface area contributed by atoms with Crippen LogP contribution in [0.4, 0.5) is 0 Å². The van der Waals surface area contributed by atoms with Crippen molar-refractivity contribution in [1.29, 1.82) is 0 Å². The predicted octanol–water partition coefficient (Wildman–Crippen LogP) is 3.91. The third kappa shape index (κ3) is 23.9. The molecule has 4 N–H and O–H groups in total. The second-order valence-corrected chi connectivity index (χ2v) is 6.54. The molecule has 0 aliphatic rings. The minimum atomic E-state index is -1.04. The van der Waals surface area contributed by atoms with Crippen LogP contribution in [0.3, 0.4) is 0 Å². The van der Waals surface area contributed by atoms with E-state index in [1.54, 1.807) is 0 Å². The van der Waals surface area contributed by atoms with Crippen LogP contribution in [0.15, 0.2) is 24.7 Å². The molecular formula is C20H36N2O6. The topological polar surface area (TPSA) is 117 Å². The number of hydrogen-bond donors (Lipinski definition) is 4. The summed E-state index contributed by atoms with van der Waals surface area (Å²) < 4.78 is 5.08. The van der Waals surface area contributed by atoms with Crippen molar-refractivity contribution in [3.8, 4) is 0 Å². The molecule has 0 atom stereocenters. The van der Waals surface area contributed by atoms with E-state index >= 15 is 0 Å². The fraction of sp³-hybridized carbons (Fsp3) is 0.700. The van der Waals surface area contributed by atoms with Crippen LogP contribution in [0.5, 0.6) is 0 Å². The number of carboxylic acid groups (broad SMARTS) is 2. The summed E-state index contributed by atoms with van der Waals surface area (Å²) in [7, 11) is 0. The molecule has 0 heterocycles. The molecule has 28 heavy (non-hydrogen) atoms. The monoisotopic (exact) mass is 400 g/mol. The van der Waals surface area contributed by atoms with Gasteiger partial charge in [-0.05, 0) is 12.8 Å². The minimum Gasteiger partial charge on any atom is -0.501 e. The van der Waals surface area contributed by atoms with Gasteiger partial charge in [-0.2, -0.15) is 0 Å². The van der Waals surface area contributed by atoms with E-state index in [-0.39, 0.29) is 0 Å². The van der Waals surface area contributed by atoms with Gasteiger partial charge in [0.05, 0.1) is 25.0 Å². The maximum absolute atomic E-state index is 10.2. The minimum absolute atomic E-state index is 0.587. The van der Waals surface area contributed by atoms with Gasteiger partial charge in [-0.15, -0.1) is 0 Å². The lowest BCUT2D eigenvalue weighted by atomic mass is 10.1. The molecule has 0 aliphatic carbocycles. The highest BCUT2D eigenvalue weighted by molar-refractivity contribution is 5.79. The first kappa shape index (κ1) is 25.9. The molecule has 0 saturated heterocycles. The lowest BCUT2D eigenvalue weighted by molar-refractivity contribution is -0.132. The first-order chi connectivity index (χ1) is 13.6. The molecular weight excluding hydrogens is 364 g/mol. The molecule has 0 radical (unpaired) electrons. The third-order valence-corrected chi connectivity index (χ3v) is 4.03. The SMILES string of the molecule is O=C(O)C=COCCCCCCCCCCCCCCNNOC=CC(=O)O. The van der Waals surface area contributed by atoms with Crippen LogP contribution in [0, 0.1) is 0 Å². The zero-order valence-corrected chi connectivity index (χ0v) is 16.7. The smallest absolute Gasteiger partial charge is 0.331 e. The van der Waals surface area contributed by atoms with Gasteiger partial charge >= 0.3 is 11.9 Å². The van der Waals surface area contributed by atoms with E-state index in [1.807, 2.05) is 0 Å².